The topological polar surface area (TPSA) is 68.1 Å². The van der Waals surface area contributed by atoms with Gasteiger partial charge < -0.3 is 15.5 Å². The van der Waals surface area contributed by atoms with E-state index in [1.807, 2.05) is 25.1 Å². The Balaban J connectivity index is 2.76. The van der Waals surface area contributed by atoms with E-state index in [0.29, 0.717) is 11.4 Å². The molecule has 0 atom stereocenters. The number of nitrogens with two attached hydrogens (primary N) is 1. The summed E-state index contributed by atoms with van der Waals surface area (Å²) in [5, 5.41) is 0.805. The zero-order valence-electron chi connectivity index (χ0n) is 8.63. The lowest BCUT2D eigenvalue weighted by Gasteiger charge is -1.98. The van der Waals surface area contributed by atoms with Crippen LogP contribution in [0.15, 0.2) is 18.2 Å². The molecule has 0 aliphatic carbocycles. The minimum Gasteiger partial charge on any atom is -0.465 e. The average Bonchev–Trinajstić information content (AvgIpc) is 2.52. The summed E-state index contributed by atoms with van der Waals surface area (Å²) < 4.78 is 4.68. The maximum absolute atomic E-state index is 11.5. The van der Waals surface area contributed by atoms with Gasteiger partial charge in [0.15, 0.2) is 0 Å². The Morgan fingerprint density at radius 1 is 1.47 bits per heavy atom. The van der Waals surface area contributed by atoms with Gasteiger partial charge in [-0.15, -0.1) is 0 Å². The summed E-state index contributed by atoms with van der Waals surface area (Å²) >= 11 is 0. The third-order valence-corrected chi connectivity index (χ3v) is 2.37. The summed E-state index contributed by atoms with van der Waals surface area (Å²) in [5.74, 6) is -0.0631. The molecule has 1 aromatic heterocycles. The molecule has 3 N–H and O–H groups in total. The van der Waals surface area contributed by atoms with Crippen molar-refractivity contribution in [3.05, 3.63) is 29.3 Å². The van der Waals surface area contributed by atoms with E-state index < -0.39 is 5.97 Å². The van der Waals surface area contributed by atoms with E-state index in [9.17, 15) is 4.79 Å². The minimum atomic E-state index is -0.413. The maximum Gasteiger partial charge on any atom is 0.342 e. The van der Waals surface area contributed by atoms with Gasteiger partial charge >= 0.3 is 5.97 Å². The van der Waals surface area contributed by atoms with Gasteiger partial charge in [0, 0.05) is 10.9 Å². The molecule has 0 aliphatic rings. The molecule has 2 rings (SSSR count). The summed E-state index contributed by atoms with van der Waals surface area (Å²) in [5.41, 5.74) is 8.06. The standard InChI is InChI=1S/C11H12N2O2/c1-6-3-4-8-7(5-6)9(10(12)13-8)11(14)15-2/h3-5,13H,12H2,1-2H3. The average molecular weight is 204 g/mol. The second kappa shape index (κ2) is 3.31. The highest BCUT2D eigenvalue weighted by atomic mass is 16.5. The lowest BCUT2D eigenvalue weighted by molar-refractivity contribution is 0.0604. The van der Waals surface area contributed by atoms with E-state index in [0.717, 1.165) is 16.5 Å². The van der Waals surface area contributed by atoms with Gasteiger partial charge in [0.2, 0.25) is 0 Å². The maximum atomic E-state index is 11.5. The van der Waals surface area contributed by atoms with Crippen molar-refractivity contribution >= 4 is 22.7 Å². The van der Waals surface area contributed by atoms with E-state index >= 15 is 0 Å². The first kappa shape index (κ1) is 9.58. The SMILES string of the molecule is COC(=O)c1c(N)[nH]c2ccc(C)cc12. The lowest BCUT2D eigenvalue weighted by atomic mass is 10.1. The van der Waals surface area contributed by atoms with Crippen LogP contribution in [0.25, 0.3) is 10.9 Å². The van der Waals surface area contributed by atoms with Crippen molar-refractivity contribution in [2.75, 3.05) is 12.8 Å². The molecule has 0 saturated carbocycles. The van der Waals surface area contributed by atoms with Crippen molar-refractivity contribution in [3.8, 4) is 0 Å². The summed E-state index contributed by atoms with van der Waals surface area (Å²) in [7, 11) is 1.34. The van der Waals surface area contributed by atoms with Crippen LogP contribution < -0.4 is 5.73 Å². The van der Waals surface area contributed by atoms with E-state index in [4.69, 9.17) is 5.73 Å². The number of fused-ring (bicyclic) bond motifs is 1. The van der Waals surface area contributed by atoms with Crippen molar-refractivity contribution in [2.24, 2.45) is 0 Å². The number of benzene rings is 1. The van der Waals surface area contributed by atoms with Crippen molar-refractivity contribution < 1.29 is 9.53 Å². The number of nitrogen functional groups attached to an aromatic ring is 1. The van der Waals surface area contributed by atoms with E-state index in [1.165, 1.54) is 7.11 Å². The summed E-state index contributed by atoms with van der Waals surface area (Å²) in [6.07, 6.45) is 0. The number of ether oxygens (including phenoxy) is 1. The quantitative estimate of drug-likeness (QED) is 0.696. The second-order valence-electron chi connectivity index (χ2n) is 3.45. The fourth-order valence-corrected chi connectivity index (χ4v) is 1.65. The number of methoxy groups -OCH3 is 1. The van der Waals surface area contributed by atoms with Crippen LogP contribution in [0, 0.1) is 6.92 Å². The van der Waals surface area contributed by atoms with Gasteiger partial charge in [-0.3, -0.25) is 0 Å². The predicted octanol–water partition coefficient (Wildman–Crippen LogP) is 1.85. The normalized spacial score (nSPS) is 10.5. The number of carbonyl (C=O) groups is 1. The van der Waals surface area contributed by atoms with Gasteiger partial charge in [0.25, 0.3) is 0 Å². The monoisotopic (exact) mass is 204 g/mol. The van der Waals surface area contributed by atoms with Crippen LogP contribution in [0.4, 0.5) is 5.82 Å². The zero-order valence-corrected chi connectivity index (χ0v) is 8.63. The number of aromatic amines is 1. The van der Waals surface area contributed by atoms with Gasteiger partial charge in [0.05, 0.1) is 7.11 Å². The molecule has 4 heteroatoms. The Bertz CT molecular complexity index is 529. The van der Waals surface area contributed by atoms with Crippen LogP contribution in [-0.2, 0) is 4.74 Å². The number of aryl methyl sites for hydroxylation is 1. The fraction of sp³-hybridized carbons (Fsp3) is 0.182. The third-order valence-electron chi connectivity index (χ3n) is 2.37. The molecule has 2 aromatic rings. The number of esters is 1. The van der Waals surface area contributed by atoms with Crippen LogP contribution >= 0.6 is 0 Å². The van der Waals surface area contributed by atoms with Crippen LogP contribution in [0.1, 0.15) is 15.9 Å². The van der Waals surface area contributed by atoms with Crippen molar-refractivity contribution in [2.45, 2.75) is 6.92 Å². The van der Waals surface area contributed by atoms with E-state index in [-0.39, 0.29) is 0 Å². The Hall–Kier alpha value is -1.97. The van der Waals surface area contributed by atoms with Crippen LogP contribution in [-0.4, -0.2) is 18.1 Å². The molecule has 0 saturated heterocycles. The molecular formula is C11H12N2O2. The molecule has 0 radical (unpaired) electrons. The van der Waals surface area contributed by atoms with Crippen molar-refractivity contribution in [1.82, 2.24) is 4.98 Å². The molecule has 0 bridgehead atoms. The largest absolute Gasteiger partial charge is 0.465 e. The Morgan fingerprint density at radius 3 is 2.87 bits per heavy atom. The van der Waals surface area contributed by atoms with Crippen molar-refractivity contribution in [3.63, 3.8) is 0 Å². The number of aromatic nitrogens is 1. The number of H-pyrrole nitrogens is 1. The molecule has 0 unspecified atom stereocenters. The Kier molecular flexibility index (Phi) is 2.11. The molecule has 0 amide bonds. The number of nitrogens with one attached hydrogen (secondary N) is 1. The first-order valence-electron chi connectivity index (χ1n) is 4.59. The number of hydrogen-bond acceptors (Lipinski definition) is 3. The minimum absolute atomic E-state index is 0.349. The smallest absolute Gasteiger partial charge is 0.342 e. The highest BCUT2D eigenvalue weighted by Gasteiger charge is 2.16. The van der Waals surface area contributed by atoms with Crippen molar-refractivity contribution in [1.29, 1.82) is 0 Å². The van der Waals surface area contributed by atoms with Gasteiger partial charge in [0.1, 0.15) is 11.4 Å². The highest BCUT2D eigenvalue weighted by molar-refractivity contribution is 6.08. The predicted molar refractivity (Wildman–Crippen MR) is 58.8 cm³/mol. The number of anilines is 1. The molecule has 1 heterocycles. The fourth-order valence-electron chi connectivity index (χ4n) is 1.65. The van der Waals surface area contributed by atoms with Gasteiger partial charge in [-0.2, -0.15) is 0 Å². The zero-order chi connectivity index (χ0) is 11.0. The van der Waals surface area contributed by atoms with Crippen LogP contribution in [0.3, 0.4) is 0 Å². The third kappa shape index (κ3) is 1.44. The molecule has 4 nitrogen and oxygen atoms in total. The van der Waals surface area contributed by atoms with Gasteiger partial charge in [-0.25, -0.2) is 4.79 Å². The lowest BCUT2D eigenvalue weighted by Crippen LogP contribution is -2.03. The van der Waals surface area contributed by atoms with E-state index in [2.05, 4.69) is 9.72 Å². The van der Waals surface area contributed by atoms with E-state index in [1.54, 1.807) is 0 Å². The van der Waals surface area contributed by atoms with Gasteiger partial charge in [-0.05, 0) is 19.1 Å². The molecule has 15 heavy (non-hydrogen) atoms. The molecular weight excluding hydrogens is 192 g/mol. The second-order valence-corrected chi connectivity index (χ2v) is 3.45. The first-order chi connectivity index (χ1) is 7.13. The Morgan fingerprint density at radius 2 is 2.20 bits per heavy atom. The number of hydrogen-bond donors (Lipinski definition) is 2. The molecule has 1 aromatic carbocycles. The molecule has 0 fully saturated rings. The Labute approximate surface area is 87.0 Å². The molecule has 78 valence electrons. The molecule has 0 aliphatic heterocycles. The highest BCUT2D eigenvalue weighted by Crippen LogP contribution is 2.25. The van der Waals surface area contributed by atoms with Crippen LogP contribution in [0.5, 0.6) is 0 Å². The summed E-state index contributed by atoms with van der Waals surface area (Å²) in [6.45, 7) is 1.96. The number of carbonyl (C=O) groups excluding carboxylic acids is 1. The van der Waals surface area contributed by atoms with Crippen LogP contribution in [0.2, 0.25) is 0 Å². The first-order valence-corrected chi connectivity index (χ1v) is 4.59. The summed E-state index contributed by atoms with van der Waals surface area (Å²) in [4.78, 5) is 14.4. The summed E-state index contributed by atoms with van der Waals surface area (Å²) in [6, 6.07) is 5.77. The van der Waals surface area contributed by atoms with Gasteiger partial charge in [-0.1, -0.05) is 11.6 Å². The number of rotatable bonds is 1. The molecule has 0 spiro atoms.